The lowest BCUT2D eigenvalue weighted by molar-refractivity contribution is -0.113. The fourth-order valence-electron chi connectivity index (χ4n) is 3.23. The van der Waals surface area contributed by atoms with Gasteiger partial charge in [0.1, 0.15) is 5.82 Å². The van der Waals surface area contributed by atoms with E-state index in [4.69, 9.17) is 4.98 Å². The van der Waals surface area contributed by atoms with Gasteiger partial charge in [0.15, 0.2) is 5.16 Å². The van der Waals surface area contributed by atoms with Crippen molar-refractivity contribution in [3.8, 4) is 0 Å². The number of carbonyl (C=O) groups is 1. The number of nitrogens with zero attached hydrogens (tertiary/aromatic N) is 2. The van der Waals surface area contributed by atoms with Gasteiger partial charge < -0.3 is 5.32 Å². The smallest absolute Gasteiger partial charge is 0.268 e. The van der Waals surface area contributed by atoms with E-state index in [1.54, 1.807) is 28.5 Å². The first-order valence-corrected chi connectivity index (χ1v) is 11.4. The first-order valence-electron chi connectivity index (χ1n) is 9.52. The van der Waals surface area contributed by atoms with Gasteiger partial charge in [0.25, 0.3) is 5.56 Å². The summed E-state index contributed by atoms with van der Waals surface area (Å²) in [6, 6.07) is 15.7. The van der Waals surface area contributed by atoms with Gasteiger partial charge in [-0.3, -0.25) is 14.2 Å². The molecule has 8 heteroatoms. The molecule has 3 aromatic rings. The monoisotopic (exact) mass is 441 g/mol. The van der Waals surface area contributed by atoms with Crippen molar-refractivity contribution in [2.24, 2.45) is 0 Å². The number of hydrogen-bond donors (Lipinski definition) is 1. The SMILES string of the molecule is CC1Cc2nc(SCC(=O)Nc3ccccc3F)n(Cc3ccccc3)c(=O)c2S1. The molecule has 2 heterocycles. The fraction of sp³-hybridized carbons (Fsp3) is 0.227. The maximum absolute atomic E-state index is 13.8. The van der Waals surface area contributed by atoms with E-state index >= 15 is 0 Å². The molecule has 154 valence electrons. The van der Waals surface area contributed by atoms with E-state index < -0.39 is 5.82 Å². The Labute approximate surface area is 182 Å². The van der Waals surface area contributed by atoms with Crippen LogP contribution in [-0.4, -0.2) is 26.5 Å². The molecule has 0 aliphatic carbocycles. The van der Waals surface area contributed by atoms with E-state index in [1.807, 2.05) is 30.3 Å². The van der Waals surface area contributed by atoms with Crippen molar-refractivity contribution in [2.45, 2.75) is 35.2 Å². The molecule has 1 N–H and O–H groups in total. The highest BCUT2D eigenvalue weighted by atomic mass is 32.2. The Morgan fingerprint density at radius 3 is 2.73 bits per heavy atom. The largest absolute Gasteiger partial charge is 0.323 e. The van der Waals surface area contributed by atoms with Crippen LogP contribution in [0.1, 0.15) is 18.2 Å². The van der Waals surface area contributed by atoms with E-state index in [2.05, 4.69) is 12.2 Å². The summed E-state index contributed by atoms with van der Waals surface area (Å²) in [5.41, 5.74) is 1.83. The summed E-state index contributed by atoms with van der Waals surface area (Å²) in [4.78, 5) is 30.9. The number of rotatable bonds is 6. The number of thioether (sulfide) groups is 2. The van der Waals surface area contributed by atoms with Crippen molar-refractivity contribution >= 4 is 35.1 Å². The number of fused-ring (bicyclic) bond motifs is 1. The van der Waals surface area contributed by atoms with Gasteiger partial charge in [0.05, 0.1) is 28.6 Å². The predicted molar refractivity (Wildman–Crippen MR) is 119 cm³/mol. The molecule has 0 saturated carbocycles. The van der Waals surface area contributed by atoms with Crippen molar-refractivity contribution in [3.63, 3.8) is 0 Å². The lowest BCUT2D eigenvalue weighted by atomic mass is 10.2. The molecule has 1 amide bonds. The van der Waals surface area contributed by atoms with Gasteiger partial charge in [0, 0.05) is 11.7 Å². The zero-order chi connectivity index (χ0) is 21.1. The number of para-hydroxylation sites is 1. The van der Waals surface area contributed by atoms with Crippen LogP contribution in [-0.2, 0) is 17.8 Å². The van der Waals surface area contributed by atoms with Crippen molar-refractivity contribution in [1.29, 1.82) is 0 Å². The Hall–Kier alpha value is -2.58. The highest BCUT2D eigenvalue weighted by Gasteiger charge is 2.26. The summed E-state index contributed by atoms with van der Waals surface area (Å²) in [6.45, 7) is 2.45. The normalized spacial score (nSPS) is 15.1. The molecule has 2 aromatic carbocycles. The molecule has 4 rings (SSSR count). The minimum Gasteiger partial charge on any atom is -0.323 e. The number of halogens is 1. The average Bonchev–Trinajstić information content (AvgIpc) is 3.12. The van der Waals surface area contributed by atoms with Crippen molar-refractivity contribution in [3.05, 3.63) is 82.0 Å². The number of hydrogen-bond acceptors (Lipinski definition) is 5. The second-order valence-electron chi connectivity index (χ2n) is 7.00. The molecule has 1 aliphatic heterocycles. The third-order valence-electron chi connectivity index (χ3n) is 4.63. The third kappa shape index (κ3) is 4.60. The van der Waals surface area contributed by atoms with E-state index in [9.17, 15) is 14.0 Å². The van der Waals surface area contributed by atoms with Crippen LogP contribution in [0, 0.1) is 5.82 Å². The lowest BCUT2D eigenvalue weighted by Gasteiger charge is -2.14. The second kappa shape index (κ2) is 9.06. The summed E-state index contributed by atoms with van der Waals surface area (Å²) in [7, 11) is 0. The van der Waals surface area contributed by atoms with Gasteiger partial charge >= 0.3 is 0 Å². The maximum Gasteiger partial charge on any atom is 0.268 e. The number of anilines is 1. The zero-order valence-electron chi connectivity index (χ0n) is 16.3. The molecular weight excluding hydrogens is 421 g/mol. The average molecular weight is 442 g/mol. The molecule has 0 spiro atoms. The fourth-order valence-corrected chi connectivity index (χ4v) is 5.16. The molecule has 1 atom stereocenters. The summed E-state index contributed by atoms with van der Waals surface area (Å²) in [5, 5.41) is 3.37. The van der Waals surface area contributed by atoms with E-state index in [0.29, 0.717) is 21.8 Å². The van der Waals surface area contributed by atoms with Crippen LogP contribution in [0.4, 0.5) is 10.1 Å². The maximum atomic E-state index is 13.8. The number of benzene rings is 2. The molecular formula is C22H20FN3O2S2. The summed E-state index contributed by atoms with van der Waals surface area (Å²) in [6.07, 6.45) is 0.733. The second-order valence-corrected chi connectivity index (χ2v) is 9.39. The van der Waals surface area contributed by atoms with Crippen LogP contribution in [0.15, 0.2) is 69.4 Å². The van der Waals surface area contributed by atoms with Crippen molar-refractivity contribution in [2.75, 3.05) is 11.1 Å². The Bertz CT molecular complexity index is 1130. The number of carbonyl (C=O) groups excluding carboxylic acids is 1. The van der Waals surface area contributed by atoms with Crippen LogP contribution >= 0.6 is 23.5 Å². The van der Waals surface area contributed by atoms with E-state index in [-0.39, 0.29) is 22.9 Å². The van der Waals surface area contributed by atoms with Gasteiger partial charge in [0.2, 0.25) is 5.91 Å². The van der Waals surface area contributed by atoms with Gasteiger partial charge in [-0.25, -0.2) is 9.37 Å². The number of nitrogens with one attached hydrogen (secondary N) is 1. The predicted octanol–water partition coefficient (Wildman–Crippen LogP) is 4.20. The standard InChI is InChI=1S/C22H20FN3O2S2/c1-14-11-18-20(30-14)21(28)26(12-15-7-3-2-4-8-15)22(25-18)29-13-19(27)24-17-10-6-5-9-16(17)23/h2-10,14H,11-13H2,1H3,(H,24,27). The van der Waals surface area contributed by atoms with Gasteiger partial charge in [-0.1, -0.05) is 61.2 Å². The molecule has 0 fully saturated rings. The minimum atomic E-state index is -0.487. The molecule has 5 nitrogen and oxygen atoms in total. The highest BCUT2D eigenvalue weighted by Crippen LogP contribution is 2.34. The van der Waals surface area contributed by atoms with Gasteiger partial charge in [-0.15, -0.1) is 11.8 Å². The van der Waals surface area contributed by atoms with Crippen molar-refractivity contribution < 1.29 is 9.18 Å². The molecule has 30 heavy (non-hydrogen) atoms. The van der Waals surface area contributed by atoms with Crippen LogP contribution in [0.2, 0.25) is 0 Å². The number of amides is 1. The van der Waals surface area contributed by atoms with E-state index in [1.165, 1.54) is 23.9 Å². The quantitative estimate of drug-likeness (QED) is 0.459. The number of aromatic nitrogens is 2. The third-order valence-corrected chi connectivity index (χ3v) is 6.82. The Morgan fingerprint density at radius 1 is 1.23 bits per heavy atom. The molecule has 1 aliphatic rings. The topological polar surface area (TPSA) is 64.0 Å². The van der Waals surface area contributed by atoms with Crippen LogP contribution in [0.25, 0.3) is 0 Å². The van der Waals surface area contributed by atoms with Gasteiger partial charge in [-0.05, 0) is 17.7 Å². The van der Waals surface area contributed by atoms with Crippen LogP contribution in [0.5, 0.6) is 0 Å². The molecule has 0 saturated heterocycles. The van der Waals surface area contributed by atoms with Gasteiger partial charge in [-0.2, -0.15) is 0 Å². The van der Waals surface area contributed by atoms with Crippen molar-refractivity contribution in [1.82, 2.24) is 9.55 Å². The Kier molecular flexibility index (Phi) is 6.24. The highest BCUT2D eigenvalue weighted by molar-refractivity contribution is 8.00. The first kappa shape index (κ1) is 20.7. The molecule has 1 unspecified atom stereocenters. The Balaban J connectivity index is 1.58. The Morgan fingerprint density at radius 2 is 1.97 bits per heavy atom. The summed E-state index contributed by atoms with van der Waals surface area (Å²) < 4.78 is 15.4. The lowest BCUT2D eigenvalue weighted by Crippen LogP contribution is -2.26. The van der Waals surface area contributed by atoms with Crippen LogP contribution < -0.4 is 10.9 Å². The zero-order valence-corrected chi connectivity index (χ0v) is 17.9. The molecule has 0 radical (unpaired) electrons. The summed E-state index contributed by atoms with van der Waals surface area (Å²) >= 11 is 2.74. The van der Waals surface area contributed by atoms with E-state index in [0.717, 1.165) is 17.7 Å². The minimum absolute atomic E-state index is 0.0248. The molecule has 0 bridgehead atoms. The summed E-state index contributed by atoms with van der Waals surface area (Å²) in [5.74, 6) is -0.816. The molecule has 1 aromatic heterocycles. The first-order chi connectivity index (χ1) is 14.5. The van der Waals surface area contributed by atoms with Crippen LogP contribution in [0.3, 0.4) is 0 Å².